The maximum absolute atomic E-state index is 12.9. The van der Waals surface area contributed by atoms with Crippen LogP contribution in [0, 0.1) is 0 Å². The molecule has 0 bridgehead atoms. The van der Waals surface area contributed by atoms with Crippen molar-refractivity contribution in [1.82, 2.24) is 9.21 Å². The molecule has 0 saturated carbocycles. The fourth-order valence-corrected chi connectivity index (χ4v) is 5.05. The standard InChI is InChI=1S/C20H34N4O3S/c1-5-24(6-2)28(26,27)17-11-12-19(22(3)4)18(15-17)21-20(25)16-23-13-9-7-8-10-14-23/h11-12,15H,5-10,13-14,16H2,1-4H3,(H,21,25). The monoisotopic (exact) mass is 410 g/mol. The molecule has 0 aromatic heterocycles. The summed E-state index contributed by atoms with van der Waals surface area (Å²) in [6, 6.07) is 4.93. The van der Waals surface area contributed by atoms with Crippen LogP contribution in [0.2, 0.25) is 0 Å². The quantitative estimate of drug-likeness (QED) is 0.713. The van der Waals surface area contributed by atoms with Gasteiger partial charge in [0.05, 0.1) is 22.8 Å². The Hall–Kier alpha value is -1.64. The van der Waals surface area contributed by atoms with Crippen LogP contribution in [0.15, 0.2) is 23.1 Å². The van der Waals surface area contributed by atoms with E-state index in [1.807, 2.05) is 32.8 Å². The van der Waals surface area contributed by atoms with Crippen molar-refractivity contribution in [3.8, 4) is 0 Å². The number of likely N-dealkylation sites (tertiary alicyclic amines) is 1. The van der Waals surface area contributed by atoms with Crippen molar-refractivity contribution < 1.29 is 13.2 Å². The van der Waals surface area contributed by atoms with Gasteiger partial charge in [0.25, 0.3) is 0 Å². The van der Waals surface area contributed by atoms with Gasteiger partial charge in [0.15, 0.2) is 0 Å². The number of anilines is 2. The first-order chi connectivity index (χ1) is 13.3. The average Bonchev–Trinajstić information content (AvgIpc) is 2.90. The smallest absolute Gasteiger partial charge is 0.243 e. The molecule has 1 N–H and O–H groups in total. The number of amides is 1. The molecule has 1 saturated heterocycles. The lowest BCUT2D eigenvalue weighted by Gasteiger charge is -2.23. The number of carbonyl (C=O) groups is 1. The summed E-state index contributed by atoms with van der Waals surface area (Å²) in [5.74, 6) is -0.109. The van der Waals surface area contributed by atoms with E-state index < -0.39 is 10.0 Å². The Morgan fingerprint density at radius 1 is 1.07 bits per heavy atom. The number of rotatable bonds is 8. The lowest BCUT2D eigenvalue weighted by molar-refractivity contribution is -0.117. The summed E-state index contributed by atoms with van der Waals surface area (Å²) in [6.45, 7) is 6.66. The summed E-state index contributed by atoms with van der Waals surface area (Å²) < 4.78 is 27.1. The zero-order chi connectivity index (χ0) is 20.7. The lowest BCUT2D eigenvalue weighted by Crippen LogP contribution is -2.34. The molecule has 0 aliphatic carbocycles. The third-order valence-electron chi connectivity index (χ3n) is 5.13. The minimum Gasteiger partial charge on any atom is -0.376 e. The van der Waals surface area contributed by atoms with Crippen molar-refractivity contribution in [2.75, 3.05) is 57.0 Å². The second-order valence-electron chi connectivity index (χ2n) is 7.40. The maximum atomic E-state index is 12.9. The summed E-state index contributed by atoms with van der Waals surface area (Å²) in [4.78, 5) is 16.9. The van der Waals surface area contributed by atoms with Crippen LogP contribution in [-0.2, 0) is 14.8 Å². The van der Waals surface area contributed by atoms with Crippen LogP contribution in [0.3, 0.4) is 0 Å². The number of hydrogen-bond acceptors (Lipinski definition) is 5. The molecule has 1 heterocycles. The molecule has 1 fully saturated rings. The number of nitrogens with zero attached hydrogens (tertiary/aromatic N) is 3. The van der Waals surface area contributed by atoms with Crippen molar-refractivity contribution in [2.24, 2.45) is 0 Å². The van der Waals surface area contributed by atoms with E-state index in [4.69, 9.17) is 0 Å². The number of sulfonamides is 1. The predicted octanol–water partition coefficient (Wildman–Crippen LogP) is 2.60. The van der Waals surface area contributed by atoms with Gasteiger partial charge >= 0.3 is 0 Å². The van der Waals surface area contributed by atoms with Crippen LogP contribution in [0.1, 0.15) is 39.5 Å². The molecule has 0 atom stereocenters. The number of carbonyl (C=O) groups excluding carboxylic acids is 1. The highest BCUT2D eigenvalue weighted by Crippen LogP contribution is 2.29. The molecule has 1 amide bonds. The Labute approximate surface area is 169 Å². The van der Waals surface area contributed by atoms with E-state index in [0.29, 0.717) is 25.3 Å². The Bertz CT molecular complexity index is 753. The Kier molecular flexibility index (Phi) is 8.27. The Balaban J connectivity index is 2.24. The van der Waals surface area contributed by atoms with Crippen LogP contribution in [0.25, 0.3) is 0 Å². The van der Waals surface area contributed by atoms with E-state index in [1.165, 1.54) is 17.1 Å². The molecule has 1 aliphatic heterocycles. The van der Waals surface area contributed by atoms with Crippen molar-refractivity contribution in [3.05, 3.63) is 18.2 Å². The normalized spacial score (nSPS) is 16.0. The largest absolute Gasteiger partial charge is 0.376 e. The van der Waals surface area contributed by atoms with E-state index >= 15 is 0 Å². The van der Waals surface area contributed by atoms with E-state index in [1.54, 1.807) is 18.2 Å². The zero-order valence-electron chi connectivity index (χ0n) is 17.6. The zero-order valence-corrected chi connectivity index (χ0v) is 18.4. The average molecular weight is 411 g/mol. The first kappa shape index (κ1) is 22.6. The molecule has 7 nitrogen and oxygen atoms in total. The van der Waals surface area contributed by atoms with Crippen LogP contribution in [-0.4, -0.2) is 70.3 Å². The van der Waals surface area contributed by atoms with E-state index in [0.717, 1.165) is 31.6 Å². The topological polar surface area (TPSA) is 73.0 Å². The predicted molar refractivity (Wildman–Crippen MR) is 114 cm³/mol. The summed E-state index contributed by atoms with van der Waals surface area (Å²) >= 11 is 0. The van der Waals surface area contributed by atoms with Gasteiger partial charge in [-0.3, -0.25) is 9.69 Å². The minimum absolute atomic E-state index is 0.109. The minimum atomic E-state index is -3.58. The molecule has 1 aliphatic rings. The van der Waals surface area contributed by atoms with Gasteiger partial charge in [-0.15, -0.1) is 0 Å². The highest BCUT2D eigenvalue weighted by Gasteiger charge is 2.23. The van der Waals surface area contributed by atoms with Crippen LogP contribution in [0.4, 0.5) is 11.4 Å². The van der Waals surface area contributed by atoms with Crippen molar-refractivity contribution in [3.63, 3.8) is 0 Å². The highest BCUT2D eigenvalue weighted by molar-refractivity contribution is 7.89. The van der Waals surface area contributed by atoms with Gasteiger partial charge in [-0.1, -0.05) is 26.7 Å². The van der Waals surface area contributed by atoms with Crippen LogP contribution in [0.5, 0.6) is 0 Å². The lowest BCUT2D eigenvalue weighted by atomic mass is 10.2. The van der Waals surface area contributed by atoms with Gasteiger partial charge in [-0.2, -0.15) is 4.31 Å². The number of benzene rings is 1. The van der Waals surface area contributed by atoms with Gasteiger partial charge < -0.3 is 10.2 Å². The second-order valence-corrected chi connectivity index (χ2v) is 9.34. The Morgan fingerprint density at radius 3 is 2.21 bits per heavy atom. The molecule has 1 aromatic carbocycles. The SMILES string of the molecule is CCN(CC)S(=O)(=O)c1ccc(N(C)C)c(NC(=O)CN2CCCCCC2)c1. The van der Waals surface area contributed by atoms with E-state index in [-0.39, 0.29) is 10.8 Å². The molecule has 28 heavy (non-hydrogen) atoms. The van der Waals surface area contributed by atoms with Gasteiger partial charge in [0, 0.05) is 27.2 Å². The van der Waals surface area contributed by atoms with E-state index in [9.17, 15) is 13.2 Å². The van der Waals surface area contributed by atoms with Crippen LogP contribution >= 0.6 is 0 Å². The third kappa shape index (κ3) is 5.68. The third-order valence-corrected chi connectivity index (χ3v) is 7.18. The molecule has 0 radical (unpaired) electrons. The molecule has 0 spiro atoms. The molecular formula is C20H34N4O3S. The van der Waals surface area contributed by atoms with Gasteiger partial charge in [0.1, 0.15) is 0 Å². The molecule has 0 unspecified atom stereocenters. The van der Waals surface area contributed by atoms with Crippen molar-refractivity contribution >= 4 is 27.3 Å². The number of hydrogen-bond donors (Lipinski definition) is 1. The fourth-order valence-electron chi connectivity index (χ4n) is 3.57. The summed E-state index contributed by atoms with van der Waals surface area (Å²) in [7, 11) is 0.166. The first-order valence-electron chi connectivity index (χ1n) is 10.1. The van der Waals surface area contributed by atoms with Crippen molar-refractivity contribution in [2.45, 2.75) is 44.4 Å². The maximum Gasteiger partial charge on any atom is 0.243 e. The first-order valence-corrected chi connectivity index (χ1v) is 11.6. The van der Waals surface area contributed by atoms with Gasteiger partial charge in [0.2, 0.25) is 15.9 Å². The molecule has 158 valence electrons. The van der Waals surface area contributed by atoms with E-state index in [2.05, 4.69) is 10.2 Å². The van der Waals surface area contributed by atoms with Gasteiger partial charge in [-0.25, -0.2) is 8.42 Å². The van der Waals surface area contributed by atoms with Gasteiger partial charge in [-0.05, 0) is 44.1 Å². The molecule has 8 heteroatoms. The summed E-state index contributed by atoms with van der Waals surface area (Å²) in [6.07, 6.45) is 4.67. The van der Waals surface area contributed by atoms with Crippen molar-refractivity contribution in [1.29, 1.82) is 0 Å². The summed E-state index contributed by atoms with van der Waals surface area (Å²) in [5.41, 5.74) is 1.31. The molecule has 2 rings (SSSR count). The fraction of sp³-hybridized carbons (Fsp3) is 0.650. The summed E-state index contributed by atoms with van der Waals surface area (Å²) in [5, 5.41) is 2.94. The second kappa shape index (κ2) is 10.2. The number of nitrogens with one attached hydrogen (secondary N) is 1. The Morgan fingerprint density at radius 2 is 1.68 bits per heavy atom. The molecule has 1 aromatic rings. The highest BCUT2D eigenvalue weighted by atomic mass is 32.2. The molecular weight excluding hydrogens is 376 g/mol. The van der Waals surface area contributed by atoms with Crippen LogP contribution < -0.4 is 10.2 Å².